The number of carbonyl (C=O) groups is 1. The normalized spacial score (nSPS) is 21.2. The Morgan fingerprint density at radius 2 is 2.41 bits per heavy atom. The lowest BCUT2D eigenvalue weighted by molar-refractivity contribution is -0.142. The molecule has 0 radical (unpaired) electrons. The zero-order chi connectivity index (χ0) is 12.4. The molecule has 0 amide bonds. The third-order valence-electron chi connectivity index (χ3n) is 3.21. The molecular weight excluding hydrogens is 218 g/mol. The average Bonchev–Trinajstić information content (AvgIpc) is 2.86. The summed E-state index contributed by atoms with van der Waals surface area (Å²) in [5.74, 6) is -0.717. The highest BCUT2D eigenvalue weighted by Crippen LogP contribution is 2.19. The number of carboxylic acids is 1. The van der Waals surface area contributed by atoms with Gasteiger partial charge >= 0.3 is 5.97 Å². The summed E-state index contributed by atoms with van der Waals surface area (Å²) in [5.41, 5.74) is 0.951. The van der Waals surface area contributed by atoms with Gasteiger partial charge in [-0.1, -0.05) is 0 Å². The standard InChI is InChI=1S/C12H19N3O2/c1-9(2)15-7-5-10(13-15)8-14-6-3-4-11(14)12(16)17/h5,7,9,11H,3-4,6,8H2,1-2H3,(H,16,17). The van der Waals surface area contributed by atoms with Crippen molar-refractivity contribution >= 4 is 5.97 Å². The second-order valence-electron chi connectivity index (χ2n) is 4.85. The first-order valence-electron chi connectivity index (χ1n) is 6.09. The summed E-state index contributed by atoms with van der Waals surface area (Å²) in [6, 6.07) is 1.98. The Balaban J connectivity index is 2.02. The molecule has 1 saturated heterocycles. The van der Waals surface area contributed by atoms with Crippen LogP contribution >= 0.6 is 0 Å². The van der Waals surface area contributed by atoms with Gasteiger partial charge in [-0.15, -0.1) is 0 Å². The number of aliphatic carboxylic acids is 1. The molecule has 1 atom stereocenters. The lowest BCUT2D eigenvalue weighted by Gasteiger charge is -2.19. The van der Waals surface area contributed by atoms with E-state index in [1.165, 1.54) is 0 Å². The van der Waals surface area contributed by atoms with Crippen LogP contribution in [0.5, 0.6) is 0 Å². The molecular formula is C12H19N3O2. The van der Waals surface area contributed by atoms with E-state index in [-0.39, 0.29) is 6.04 Å². The summed E-state index contributed by atoms with van der Waals surface area (Å²) < 4.78 is 1.90. The van der Waals surface area contributed by atoms with E-state index in [9.17, 15) is 4.79 Å². The van der Waals surface area contributed by atoms with Crippen LogP contribution in [0.25, 0.3) is 0 Å². The number of nitrogens with zero attached hydrogens (tertiary/aromatic N) is 3. The van der Waals surface area contributed by atoms with Crippen molar-refractivity contribution in [3.63, 3.8) is 0 Å². The van der Waals surface area contributed by atoms with Gasteiger partial charge in [-0.2, -0.15) is 5.10 Å². The van der Waals surface area contributed by atoms with Gasteiger partial charge in [-0.05, 0) is 39.3 Å². The Hall–Kier alpha value is -1.36. The molecule has 0 saturated carbocycles. The molecule has 1 aromatic rings. The van der Waals surface area contributed by atoms with Crippen LogP contribution in [0.3, 0.4) is 0 Å². The highest BCUT2D eigenvalue weighted by Gasteiger charge is 2.30. The van der Waals surface area contributed by atoms with E-state index in [4.69, 9.17) is 5.11 Å². The molecule has 2 heterocycles. The van der Waals surface area contributed by atoms with Crippen LogP contribution in [0.4, 0.5) is 0 Å². The van der Waals surface area contributed by atoms with E-state index in [1.54, 1.807) is 0 Å². The fourth-order valence-corrected chi connectivity index (χ4v) is 2.25. The highest BCUT2D eigenvalue weighted by atomic mass is 16.4. The van der Waals surface area contributed by atoms with Crippen LogP contribution in [0.15, 0.2) is 12.3 Å². The van der Waals surface area contributed by atoms with E-state index in [1.807, 2.05) is 21.8 Å². The molecule has 17 heavy (non-hydrogen) atoms. The minimum atomic E-state index is -0.717. The third kappa shape index (κ3) is 2.66. The largest absolute Gasteiger partial charge is 0.480 e. The van der Waals surface area contributed by atoms with Crippen molar-refractivity contribution < 1.29 is 9.90 Å². The van der Waals surface area contributed by atoms with E-state index < -0.39 is 5.97 Å². The van der Waals surface area contributed by atoms with E-state index in [0.29, 0.717) is 12.6 Å². The van der Waals surface area contributed by atoms with Gasteiger partial charge in [0.05, 0.1) is 5.69 Å². The molecule has 1 unspecified atom stereocenters. The van der Waals surface area contributed by atoms with E-state index in [2.05, 4.69) is 18.9 Å². The molecule has 0 bridgehead atoms. The minimum absolute atomic E-state index is 0.334. The highest BCUT2D eigenvalue weighted by molar-refractivity contribution is 5.73. The summed E-state index contributed by atoms with van der Waals surface area (Å²) >= 11 is 0. The molecule has 94 valence electrons. The number of hydrogen-bond acceptors (Lipinski definition) is 3. The Morgan fingerprint density at radius 3 is 3.00 bits per heavy atom. The molecule has 5 heteroatoms. The van der Waals surface area contributed by atoms with Crippen LogP contribution in [-0.4, -0.2) is 38.3 Å². The van der Waals surface area contributed by atoms with Crippen molar-refractivity contribution in [2.75, 3.05) is 6.54 Å². The van der Waals surface area contributed by atoms with Crippen molar-refractivity contribution in [2.45, 2.75) is 45.3 Å². The first-order chi connectivity index (χ1) is 8.08. The SMILES string of the molecule is CC(C)n1ccc(CN2CCCC2C(=O)O)n1. The maximum atomic E-state index is 11.0. The van der Waals surface area contributed by atoms with Gasteiger partial charge < -0.3 is 5.11 Å². The fraction of sp³-hybridized carbons (Fsp3) is 0.667. The Morgan fingerprint density at radius 1 is 1.65 bits per heavy atom. The smallest absolute Gasteiger partial charge is 0.320 e. The summed E-state index contributed by atoms with van der Waals surface area (Å²) in [4.78, 5) is 13.0. The summed E-state index contributed by atoms with van der Waals surface area (Å²) in [5, 5.41) is 13.5. The second-order valence-corrected chi connectivity index (χ2v) is 4.85. The summed E-state index contributed by atoms with van der Waals surface area (Å²) in [7, 11) is 0. The molecule has 1 N–H and O–H groups in total. The molecule has 1 aliphatic rings. The Kier molecular flexibility index (Phi) is 3.47. The quantitative estimate of drug-likeness (QED) is 0.862. The molecule has 0 aromatic carbocycles. The molecule has 5 nitrogen and oxygen atoms in total. The van der Waals surface area contributed by atoms with Gasteiger partial charge in [0.1, 0.15) is 6.04 Å². The first-order valence-corrected chi connectivity index (χ1v) is 6.09. The zero-order valence-electron chi connectivity index (χ0n) is 10.3. The number of hydrogen-bond donors (Lipinski definition) is 1. The fourth-order valence-electron chi connectivity index (χ4n) is 2.25. The predicted octanol–water partition coefficient (Wildman–Crippen LogP) is 1.51. The van der Waals surface area contributed by atoms with Crippen LogP contribution < -0.4 is 0 Å². The number of carboxylic acid groups (broad SMARTS) is 1. The van der Waals surface area contributed by atoms with Gasteiger partial charge in [-0.25, -0.2) is 0 Å². The van der Waals surface area contributed by atoms with Crippen LogP contribution in [-0.2, 0) is 11.3 Å². The maximum Gasteiger partial charge on any atom is 0.320 e. The Labute approximate surface area is 101 Å². The molecule has 1 aromatic heterocycles. The second kappa shape index (κ2) is 4.87. The predicted molar refractivity (Wildman–Crippen MR) is 63.7 cm³/mol. The van der Waals surface area contributed by atoms with Crippen LogP contribution in [0, 0.1) is 0 Å². The van der Waals surface area contributed by atoms with Gasteiger partial charge in [0.25, 0.3) is 0 Å². The van der Waals surface area contributed by atoms with Crippen molar-refractivity contribution in [2.24, 2.45) is 0 Å². The van der Waals surface area contributed by atoms with Gasteiger partial charge in [0, 0.05) is 18.8 Å². The van der Waals surface area contributed by atoms with Gasteiger partial charge in [-0.3, -0.25) is 14.4 Å². The van der Waals surface area contributed by atoms with Crippen molar-refractivity contribution in [3.8, 4) is 0 Å². The Bertz CT molecular complexity index is 400. The summed E-state index contributed by atoms with van der Waals surface area (Å²) in [6.45, 7) is 5.64. The summed E-state index contributed by atoms with van der Waals surface area (Å²) in [6.07, 6.45) is 3.66. The molecule has 1 fully saturated rings. The minimum Gasteiger partial charge on any atom is -0.480 e. The zero-order valence-corrected chi connectivity index (χ0v) is 10.3. The number of aromatic nitrogens is 2. The number of rotatable bonds is 4. The lowest BCUT2D eigenvalue weighted by atomic mass is 10.2. The molecule has 0 aliphatic carbocycles. The van der Waals surface area contributed by atoms with Crippen molar-refractivity contribution in [1.82, 2.24) is 14.7 Å². The van der Waals surface area contributed by atoms with Crippen molar-refractivity contribution in [1.29, 1.82) is 0 Å². The van der Waals surface area contributed by atoms with E-state index in [0.717, 1.165) is 25.1 Å². The average molecular weight is 237 g/mol. The monoisotopic (exact) mass is 237 g/mol. The topological polar surface area (TPSA) is 58.4 Å². The molecule has 1 aliphatic heterocycles. The molecule has 0 spiro atoms. The lowest BCUT2D eigenvalue weighted by Crippen LogP contribution is -2.35. The van der Waals surface area contributed by atoms with Crippen molar-refractivity contribution in [3.05, 3.63) is 18.0 Å². The first kappa shape index (κ1) is 12.1. The van der Waals surface area contributed by atoms with Crippen LogP contribution in [0.1, 0.15) is 38.4 Å². The van der Waals surface area contributed by atoms with Crippen LogP contribution in [0.2, 0.25) is 0 Å². The van der Waals surface area contributed by atoms with E-state index >= 15 is 0 Å². The number of likely N-dealkylation sites (tertiary alicyclic amines) is 1. The third-order valence-corrected chi connectivity index (χ3v) is 3.21. The van der Waals surface area contributed by atoms with Gasteiger partial charge in [0.15, 0.2) is 0 Å². The van der Waals surface area contributed by atoms with Gasteiger partial charge in [0.2, 0.25) is 0 Å². The maximum absolute atomic E-state index is 11.0. The molecule has 2 rings (SSSR count).